The van der Waals surface area contributed by atoms with Gasteiger partial charge >= 0.3 is 0 Å². The number of rotatable bonds is 15. The van der Waals surface area contributed by atoms with Crippen LogP contribution in [-0.4, -0.2) is 101 Å². The summed E-state index contributed by atoms with van der Waals surface area (Å²) in [4.78, 5) is 10.2. The first kappa shape index (κ1) is 41.0. The Labute approximate surface area is 250 Å². The largest absolute Gasteiger partial charge is 0.546 e. The van der Waals surface area contributed by atoms with Crippen LogP contribution in [0.5, 0.6) is 0 Å². The number of hydrogen-bond donors (Lipinski definition) is 2. The smallest absolute Gasteiger partial charge is 0.157 e. The summed E-state index contributed by atoms with van der Waals surface area (Å²) in [5.41, 5.74) is 0. The molecule has 36 heavy (non-hydrogen) atoms. The van der Waals surface area contributed by atoms with Gasteiger partial charge in [-0.25, -0.2) is 6.61 Å². The monoisotopic (exact) mass is 857 g/mol. The van der Waals surface area contributed by atoms with Crippen molar-refractivity contribution < 1.29 is 83.4 Å². The van der Waals surface area contributed by atoms with Crippen LogP contribution in [0.1, 0.15) is 19.3 Å². The molecule has 13 atom stereocenters. The summed E-state index contributed by atoms with van der Waals surface area (Å²) in [5.74, 6) is 0. The molecular weight excluding hydrogens is 816 g/mol. The van der Waals surface area contributed by atoms with E-state index in [4.69, 9.17) is 42.4 Å². The number of methoxy groups -OCH3 is 3. The van der Waals surface area contributed by atoms with Crippen LogP contribution in [0.4, 0.5) is 0 Å². The Hall–Kier alpha value is 2.90. The molecule has 2 saturated heterocycles. The third-order valence-electron chi connectivity index (χ3n) is 4.61. The van der Waals surface area contributed by atoms with E-state index in [1.165, 1.54) is 7.11 Å². The molecule has 214 valence electrons. The van der Waals surface area contributed by atoms with Gasteiger partial charge in [-0.15, -0.1) is 6.42 Å². The summed E-state index contributed by atoms with van der Waals surface area (Å²) in [6.45, 7) is 3.06. The molecule has 7 unspecified atom stereocenters. The van der Waals surface area contributed by atoms with Crippen LogP contribution in [0, 0.1) is 37.7 Å². The first-order valence-corrected chi connectivity index (χ1v) is 18.8. The van der Waals surface area contributed by atoms with Crippen molar-refractivity contribution in [2.75, 3.05) is 41.2 Å². The van der Waals surface area contributed by atoms with Gasteiger partial charge in [0.15, 0.2) is 6.29 Å². The minimum Gasteiger partial charge on any atom is -0.546 e. The standard InChI is InChI=1S/2C6H14O4P2.C6H13O3P2.U/c1-8-3-5-4(10-12-11)2-6(7)9-5;1-9-4-5(8)6(2-3-7)10-12-11;1-7-4-6-5(9-11-10)2-3-8-6;/h4-7,12H,2-3,11H2,1H3;3,5-6,8,12H,2,4,11H2,1H3;3,5-6,11H,2,4,10H2,1H3;/q;;-1;/t4-,5-,6?;2*5-,6-;/m111./s1. The zero-order chi connectivity index (χ0) is 26.5. The summed E-state index contributed by atoms with van der Waals surface area (Å²) in [5, 5.41) is 18.5. The first-order chi connectivity index (χ1) is 16.9. The van der Waals surface area contributed by atoms with Gasteiger partial charge in [-0.05, 0) is 0 Å². The molecule has 0 spiro atoms. The number of carbonyl (C=O) groups is 1. The van der Waals surface area contributed by atoms with Gasteiger partial charge in [0.2, 0.25) is 0 Å². The molecule has 0 aromatic heterocycles. The van der Waals surface area contributed by atoms with Crippen LogP contribution in [0.2, 0.25) is 0 Å². The minimum atomic E-state index is -0.728. The summed E-state index contributed by atoms with van der Waals surface area (Å²) in [6, 6.07) is 0. The van der Waals surface area contributed by atoms with E-state index in [2.05, 4.69) is 26.8 Å². The van der Waals surface area contributed by atoms with Crippen LogP contribution < -0.4 is 0 Å². The Morgan fingerprint density at radius 2 is 1.64 bits per heavy atom. The molecule has 0 aliphatic carbocycles. The second kappa shape index (κ2) is 28.0. The van der Waals surface area contributed by atoms with Gasteiger partial charge in [-0.2, -0.15) is 0 Å². The average Bonchev–Trinajstić information content (AvgIpc) is 3.41. The van der Waals surface area contributed by atoms with Crippen molar-refractivity contribution >= 4 is 58.6 Å². The second-order valence-electron chi connectivity index (χ2n) is 7.10. The molecule has 2 aliphatic heterocycles. The van der Waals surface area contributed by atoms with Crippen molar-refractivity contribution in [1.82, 2.24) is 0 Å². The predicted molar refractivity (Wildman–Crippen MR) is 150 cm³/mol. The molecule has 0 amide bonds. The second-order valence-corrected chi connectivity index (χ2v) is 10.6. The molecule has 0 radical (unpaired) electrons. The Morgan fingerprint density at radius 1 is 1.03 bits per heavy atom. The van der Waals surface area contributed by atoms with Gasteiger partial charge in [-0.3, -0.25) is 0 Å². The van der Waals surface area contributed by atoms with Gasteiger partial charge in [0.1, 0.15) is 18.5 Å². The molecular formula is C18H41O11P6U-. The van der Waals surface area contributed by atoms with E-state index < -0.39 is 18.5 Å². The van der Waals surface area contributed by atoms with Gasteiger partial charge in [0.25, 0.3) is 0 Å². The Bertz CT molecular complexity index is 482. The summed E-state index contributed by atoms with van der Waals surface area (Å²) < 4.78 is 41.0. The summed E-state index contributed by atoms with van der Waals surface area (Å²) >= 11 is 0. The number of aliphatic hydroxyl groups is 2. The fourth-order valence-electron chi connectivity index (χ4n) is 3.00. The molecule has 2 heterocycles. The molecule has 2 rings (SSSR count). The molecule has 2 fully saturated rings. The van der Waals surface area contributed by atoms with E-state index in [1.807, 2.05) is 0 Å². The fraction of sp³-hybridized carbons (Fsp3) is 0.889. The van der Waals surface area contributed by atoms with Gasteiger partial charge < -0.3 is 52.3 Å². The van der Waals surface area contributed by atoms with E-state index in [0.717, 1.165) is 12.7 Å². The van der Waals surface area contributed by atoms with E-state index in [9.17, 15) is 9.90 Å². The van der Waals surface area contributed by atoms with Crippen molar-refractivity contribution in [1.29, 1.82) is 0 Å². The summed E-state index contributed by atoms with van der Waals surface area (Å²) in [7, 11) is 13.2. The van der Waals surface area contributed by atoms with Gasteiger partial charge in [0, 0.05) is 90.8 Å². The average molecular weight is 857 g/mol. The number of aliphatic hydroxyl groups excluding tert-OH is 2. The molecule has 0 aromatic rings. The third kappa shape index (κ3) is 19.1. The fourth-order valence-corrected chi connectivity index (χ4v) is 5.84. The van der Waals surface area contributed by atoms with Crippen LogP contribution >= 0.6 is 52.3 Å². The van der Waals surface area contributed by atoms with Crippen LogP contribution in [-0.2, 0) is 42.1 Å². The first-order valence-electron chi connectivity index (χ1n) is 10.6. The maximum Gasteiger partial charge on any atom is 0.157 e. The van der Waals surface area contributed by atoms with Crippen LogP contribution in [0.15, 0.2) is 0 Å². The van der Waals surface area contributed by atoms with Crippen molar-refractivity contribution in [3.05, 3.63) is 6.61 Å². The number of hydrogen-bond acceptors (Lipinski definition) is 11. The number of ether oxygens (including phenoxy) is 5. The Kier molecular flexibility index (Phi) is 32.0. The molecule has 0 aromatic carbocycles. The molecule has 2 aliphatic rings. The van der Waals surface area contributed by atoms with Crippen molar-refractivity contribution in [2.45, 2.75) is 62.2 Å². The van der Waals surface area contributed by atoms with Crippen molar-refractivity contribution in [3.63, 3.8) is 0 Å². The summed E-state index contributed by atoms with van der Waals surface area (Å²) in [6.07, 6.45) is 0.584. The van der Waals surface area contributed by atoms with Crippen LogP contribution in [0.3, 0.4) is 0 Å². The van der Waals surface area contributed by atoms with E-state index in [-0.39, 0.29) is 77.1 Å². The normalized spacial score (nSPS) is 27.6. The number of carbonyl (C=O) groups excluding carboxylic acids is 1. The Balaban J connectivity index is 0. The SMILES string of the molecule is COC[C@@H](O)[C@@H](CC=O)OPP.COC[C@H]1OC(O)C[C@H]1OPP.COC[C@H]1O[CH-]C[C@H]1OPP.[U]. The maximum absolute atomic E-state index is 10.2. The Morgan fingerprint density at radius 3 is 2.17 bits per heavy atom. The van der Waals surface area contributed by atoms with E-state index in [0.29, 0.717) is 36.6 Å². The maximum atomic E-state index is 10.2. The molecule has 11 nitrogen and oxygen atoms in total. The molecule has 18 heteroatoms. The molecule has 2 N–H and O–H groups in total. The predicted octanol–water partition coefficient (Wildman–Crippen LogP) is 2.21. The molecule has 0 bridgehead atoms. The zero-order valence-corrected chi connectivity index (χ0v) is 31.4. The van der Waals surface area contributed by atoms with Gasteiger partial charge in [0.05, 0.1) is 44.2 Å². The minimum absolute atomic E-state index is 0. The van der Waals surface area contributed by atoms with Crippen molar-refractivity contribution in [2.24, 2.45) is 0 Å². The van der Waals surface area contributed by atoms with Crippen LogP contribution in [0.25, 0.3) is 0 Å². The van der Waals surface area contributed by atoms with E-state index in [1.54, 1.807) is 20.8 Å². The quantitative estimate of drug-likeness (QED) is 0.143. The zero-order valence-electron chi connectivity index (χ0n) is 20.7. The molecule has 0 saturated carbocycles. The van der Waals surface area contributed by atoms with Gasteiger partial charge in [-0.1, -0.05) is 26.8 Å². The topological polar surface area (TPSA) is 131 Å². The third-order valence-corrected chi connectivity index (χ3v) is 7.15. The van der Waals surface area contributed by atoms with E-state index >= 15 is 0 Å². The number of aldehydes is 1. The van der Waals surface area contributed by atoms with Crippen molar-refractivity contribution in [3.8, 4) is 0 Å².